The van der Waals surface area contributed by atoms with Crippen molar-refractivity contribution < 1.29 is 27.1 Å². The number of nitrogens with zero attached hydrogens (tertiary/aromatic N) is 1. The fourth-order valence-electron chi connectivity index (χ4n) is 4.47. The van der Waals surface area contributed by atoms with Gasteiger partial charge in [0.2, 0.25) is 5.91 Å². The zero-order valence-electron chi connectivity index (χ0n) is 18.8. The molecule has 0 aliphatic carbocycles. The van der Waals surface area contributed by atoms with Gasteiger partial charge in [0, 0.05) is 23.8 Å². The number of sulfone groups is 1. The summed E-state index contributed by atoms with van der Waals surface area (Å²) in [5.74, 6) is -1.35. The molecule has 1 N–H and O–H groups in total. The van der Waals surface area contributed by atoms with Crippen LogP contribution in [0.3, 0.4) is 0 Å². The first-order valence-corrected chi connectivity index (χ1v) is 13.3. The summed E-state index contributed by atoms with van der Waals surface area (Å²) in [6.07, 6.45) is 2.17. The van der Waals surface area contributed by atoms with Crippen molar-refractivity contribution in [2.24, 2.45) is 5.92 Å². The maximum Gasteiger partial charge on any atom is 0.254 e. The van der Waals surface area contributed by atoms with E-state index in [1.54, 1.807) is 12.1 Å². The highest BCUT2D eigenvalue weighted by Crippen LogP contribution is 2.32. The van der Waals surface area contributed by atoms with Crippen molar-refractivity contribution in [2.45, 2.75) is 42.8 Å². The quantitative estimate of drug-likeness (QED) is 0.645. The fourth-order valence-corrected chi connectivity index (χ4v) is 5.25. The van der Waals surface area contributed by atoms with E-state index in [1.807, 2.05) is 6.92 Å². The zero-order valence-corrected chi connectivity index (χ0v) is 20.4. The van der Waals surface area contributed by atoms with E-state index in [0.29, 0.717) is 31.6 Å². The number of likely N-dealkylation sites (tertiary alicyclic amines) is 1. The second-order valence-corrected chi connectivity index (χ2v) is 11.3. The van der Waals surface area contributed by atoms with E-state index in [0.717, 1.165) is 6.26 Å². The molecule has 4 rings (SSSR count). The lowest BCUT2D eigenvalue weighted by molar-refractivity contribution is -0.128. The first-order valence-electron chi connectivity index (χ1n) is 11.0. The Morgan fingerprint density at radius 1 is 1.18 bits per heavy atom. The molecule has 2 aliphatic rings. The van der Waals surface area contributed by atoms with Crippen molar-refractivity contribution in [1.82, 2.24) is 10.2 Å². The number of hydrogen-bond acceptors (Lipinski definition) is 5. The predicted molar refractivity (Wildman–Crippen MR) is 125 cm³/mol. The van der Waals surface area contributed by atoms with E-state index in [4.69, 9.17) is 16.3 Å². The summed E-state index contributed by atoms with van der Waals surface area (Å²) in [4.78, 5) is 28.3. The lowest BCUT2D eigenvalue weighted by Gasteiger charge is -2.36. The molecule has 0 aromatic heterocycles. The topological polar surface area (TPSA) is 92.8 Å². The Morgan fingerprint density at radius 2 is 1.91 bits per heavy atom. The highest BCUT2D eigenvalue weighted by Gasteiger charge is 2.41. The molecule has 0 unspecified atom stereocenters. The van der Waals surface area contributed by atoms with Gasteiger partial charge in [-0.2, -0.15) is 0 Å². The van der Waals surface area contributed by atoms with Gasteiger partial charge in [0.25, 0.3) is 5.91 Å². The number of carbonyl (C=O) groups is 2. The van der Waals surface area contributed by atoms with Crippen LogP contribution in [0.1, 0.15) is 41.7 Å². The highest BCUT2D eigenvalue weighted by molar-refractivity contribution is 7.90. The third-order valence-corrected chi connectivity index (χ3v) is 7.87. The molecule has 2 aromatic rings. The molecule has 0 radical (unpaired) electrons. The van der Waals surface area contributed by atoms with Gasteiger partial charge >= 0.3 is 0 Å². The summed E-state index contributed by atoms with van der Waals surface area (Å²) < 4.78 is 43.3. The van der Waals surface area contributed by atoms with Crippen molar-refractivity contribution in [3.05, 3.63) is 64.4 Å². The molecule has 2 aromatic carbocycles. The molecular formula is C24H26ClFN2O5S. The lowest BCUT2D eigenvalue weighted by Crippen LogP contribution is -2.51. The fraction of sp³-hybridized carbons (Fsp3) is 0.417. The van der Waals surface area contributed by atoms with E-state index in [1.165, 1.54) is 35.2 Å². The molecule has 34 heavy (non-hydrogen) atoms. The number of rotatable bonds is 6. The normalized spacial score (nSPS) is 21.7. The van der Waals surface area contributed by atoms with E-state index >= 15 is 0 Å². The summed E-state index contributed by atoms with van der Waals surface area (Å²) in [6.45, 7) is 2.71. The van der Waals surface area contributed by atoms with Crippen LogP contribution in [-0.2, 0) is 19.4 Å². The highest BCUT2D eigenvalue weighted by atomic mass is 35.5. The molecule has 2 heterocycles. The van der Waals surface area contributed by atoms with Gasteiger partial charge in [-0.05, 0) is 55.7 Å². The molecule has 182 valence electrons. The van der Waals surface area contributed by atoms with Crippen LogP contribution in [0.4, 0.5) is 4.39 Å². The lowest BCUT2D eigenvalue weighted by atomic mass is 9.91. The zero-order chi connectivity index (χ0) is 24.6. The predicted octanol–water partition coefficient (Wildman–Crippen LogP) is 3.38. The smallest absolute Gasteiger partial charge is 0.254 e. The van der Waals surface area contributed by atoms with Gasteiger partial charge in [-0.3, -0.25) is 9.59 Å². The molecule has 2 aliphatic heterocycles. The third-order valence-electron chi connectivity index (χ3n) is 6.45. The first-order chi connectivity index (χ1) is 16.1. The maximum absolute atomic E-state index is 14.1. The van der Waals surface area contributed by atoms with E-state index in [2.05, 4.69) is 5.32 Å². The van der Waals surface area contributed by atoms with Gasteiger partial charge in [-0.15, -0.1) is 0 Å². The van der Waals surface area contributed by atoms with Crippen LogP contribution in [0.25, 0.3) is 0 Å². The Kier molecular flexibility index (Phi) is 6.98. The standard InChI is InChI=1S/C24H26ClFN2O5S/c1-14-6-9-21(28(14)24(30)16-4-3-5-18(10-16)34(2,31)32)23(29)27-22(17-12-33-13-17)15-7-8-19(25)20(26)11-15/h3-5,7-8,10-11,14,17,21-22H,6,9,12-13H2,1-2H3,(H,27,29)/t14-,21-,22+/m1/s1. The summed E-state index contributed by atoms with van der Waals surface area (Å²) >= 11 is 5.82. The Balaban J connectivity index is 1.58. The van der Waals surface area contributed by atoms with Crippen LogP contribution in [-0.4, -0.2) is 56.7 Å². The van der Waals surface area contributed by atoms with Crippen molar-refractivity contribution in [3.63, 3.8) is 0 Å². The van der Waals surface area contributed by atoms with E-state index < -0.39 is 33.6 Å². The van der Waals surface area contributed by atoms with Crippen LogP contribution in [0.2, 0.25) is 5.02 Å². The van der Waals surface area contributed by atoms with Gasteiger partial charge < -0.3 is 15.0 Å². The maximum atomic E-state index is 14.1. The summed E-state index contributed by atoms with van der Waals surface area (Å²) in [6, 6.07) is 8.83. The average molecular weight is 509 g/mol. The van der Waals surface area contributed by atoms with E-state index in [9.17, 15) is 22.4 Å². The largest absolute Gasteiger partial charge is 0.381 e. The van der Waals surface area contributed by atoms with Crippen LogP contribution in [0, 0.1) is 11.7 Å². The van der Waals surface area contributed by atoms with Gasteiger partial charge in [0.1, 0.15) is 11.9 Å². The Hall–Kier alpha value is -2.49. The molecule has 0 spiro atoms. The number of benzene rings is 2. The molecular weight excluding hydrogens is 483 g/mol. The third kappa shape index (κ3) is 4.96. The Labute approximate surface area is 203 Å². The summed E-state index contributed by atoms with van der Waals surface area (Å²) in [7, 11) is -3.49. The minimum Gasteiger partial charge on any atom is -0.381 e. The Morgan fingerprint density at radius 3 is 2.53 bits per heavy atom. The number of ether oxygens (including phenoxy) is 1. The summed E-state index contributed by atoms with van der Waals surface area (Å²) in [5.41, 5.74) is 0.784. The molecule has 3 atom stereocenters. The number of amides is 2. The molecule has 10 heteroatoms. The second-order valence-electron chi connectivity index (χ2n) is 8.91. The van der Waals surface area contributed by atoms with Crippen molar-refractivity contribution in [1.29, 1.82) is 0 Å². The van der Waals surface area contributed by atoms with Crippen LogP contribution < -0.4 is 5.32 Å². The number of hydrogen-bond donors (Lipinski definition) is 1. The van der Waals surface area contributed by atoms with Crippen LogP contribution in [0.5, 0.6) is 0 Å². The number of halogens is 2. The van der Waals surface area contributed by atoms with Gasteiger partial charge in [-0.1, -0.05) is 23.7 Å². The molecule has 2 amide bonds. The monoisotopic (exact) mass is 508 g/mol. The first kappa shape index (κ1) is 24.6. The molecule has 0 saturated carbocycles. The minimum atomic E-state index is -3.49. The number of carbonyl (C=O) groups excluding carboxylic acids is 2. The molecule has 2 saturated heterocycles. The average Bonchev–Trinajstić information content (AvgIpc) is 3.14. The molecule has 7 nitrogen and oxygen atoms in total. The van der Waals surface area contributed by atoms with Crippen molar-refractivity contribution >= 4 is 33.3 Å². The molecule has 0 bridgehead atoms. The SMILES string of the molecule is C[C@@H]1CC[C@H](C(=O)N[C@@H](c2ccc(Cl)c(F)c2)C2COC2)N1C(=O)c1cccc(S(C)(=O)=O)c1. The van der Waals surface area contributed by atoms with Crippen molar-refractivity contribution in [3.8, 4) is 0 Å². The number of nitrogens with one attached hydrogen (secondary N) is 1. The van der Waals surface area contributed by atoms with Gasteiger partial charge in [0.15, 0.2) is 9.84 Å². The second kappa shape index (κ2) is 9.64. The van der Waals surface area contributed by atoms with Crippen molar-refractivity contribution in [2.75, 3.05) is 19.5 Å². The molecule has 2 fully saturated rings. The van der Waals surface area contributed by atoms with Crippen LogP contribution >= 0.6 is 11.6 Å². The van der Waals surface area contributed by atoms with Gasteiger partial charge in [0.05, 0.1) is 29.2 Å². The van der Waals surface area contributed by atoms with E-state index in [-0.39, 0.29) is 33.3 Å². The van der Waals surface area contributed by atoms with Gasteiger partial charge in [-0.25, -0.2) is 12.8 Å². The van der Waals surface area contributed by atoms with Crippen LogP contribution in [0.15, 0.2) is 47.4 Å². The summed E-state index contributed by atoms with van der Waals surface area (Å²) in [5, 5.41) is 2.99. The minimum absolute atomic E-state index is 0.00333. The Bertz CT molecular complexity index is 1220.